The van der Waals surface area contributed by atoms with Crippen molar-refractivity contribution in [3.63, 3.8) is 0 Å². The van der Waals surface area contributed by atoms with Gasteiger partial charge < -0.3 is 10.2 Å². The SMILES string of the molecule is CCNC(=O)C(Cc1ccccc1)N(Cc1ccccc1Cl)C(=O)Cc1cccc(Cl)c1. The first-order valence-electron chi connectivity index (χ1n) is 10.6. The molecule has 1 atom stereocenters. The highest BCUT2D eigenvalue weighted by molar-refractivity contribution is 6.31. The first-order valence-corrected chi connectivity index (χ1v) is 11.3. The number of hydrogen-bond donors (Lipinski definition) is 1. The summed E-state index contributed by atoms with van der Waals surface area (Å²) in [5.74, 6) is -0.359. The molecule has 3 aromatic carbocycles. The Morgan fingerprint density at radius 1 is 0.906 bits per heavy atom. The van der Waals surface area contributed by atoms with Gasteiger partial charge in [0, 0.05) is 29.6 Å². The fraction of sp³-hybridized carbons (Fsp3) is 0.231. The molecule has 0 saturated heterocycles. The van der Waals surface area contributed by atoms with E-state index in [0.717, 1.165) is 16.7 Å². The number of rotatable bonds is 9. The van der Waals surface area contributed by atoms with Gasteiger partial charge in [-0.05, 0) is 41.8 Å². The van der Waals surface area contributed by atoms with Crippen LogP contribution in [-0.2, 0) is 29.0 Å². The number of carbonyl (C=O) groups is 2. The second kappa shape index (κ2) is 11.7. The first kappa shape index (κ1) is 23.8. The van der Waals surface area contributed by atoms with Crippen LogP contribution in [0.2, 0.25) is 10.0 Å². The van der Waals surface area contributed by atoms with Gasteiger partial charge in [-0.1, -0.05) is 83.9 Å². The molecule has 166 valence electrons. The zero-order valence-corrected chi connectivity index (χ0v) is 19.4. The van der Waals surface area contributed by atoms with Gasteiger partial charge in [0.25, 0.3) is 0 Å². The molecule has 6 heteroatoms. The summed E-state index contributed by atoms with van der Waals surface area (Å²) >= 11 is 12.5. The first-order chi connectivity index (χ1) is 15.5. The van der Waals surface area contributed by atoms with Crippen LogP contribution >= 0.6 is 23.2 Å². The lowest BCUT2D eigenvalue weighted by atomic mass is 10.0. The molecule has 0 bridgehead atoms. The molecule has 0 radical (unpaired) electrons. The van der Waals surface area contributed by atoms with Crippen LogP contribution in [0.25, 0.3) is 0 Å². The van der Waals surface area contributed by atoms with E-state index in [4.69, 9.17) is 23.2 Å². The standard InChI is InChI=1S/C26H26Cl2N2O2/c1-2-29-26(32)24(16-19-9-4-3-5-10-19)30(18-21-12-6-7-14-23(21)28)25(31)17-20-11-8-13-22(27)15-20/h3-15,24H,2,16-18H2,1H3,(H,29,32). The lowest BCUT2D eigenvalue weighted by Gasteiger charge is -2.32. The maximum Gasteiger partial charge on any atom is 0.243 e. The average molecular weight is 469 g/mol. The van der Waals surface area contributed by atoms with Crippen molar-refractivity contribution >= 4 is 35.0 Å². The van der Waals surface area contributed by atoms with Crippen LogP contribution in [0.3, 0.4) is 0 Å². The van der Waals surface area contributed by atoms with Crippen molar-refractivity contribution in [3.05, 3.63) is 106 Å². The molecule has 0 saturated carbocycles. The lowest BCUT2D eigenvalue weighted by Crippen LogP contribution is -2.51. The van der Waals surface area contributed by atoms with Crippen molar-refractivity contribution in [2.75, 3.05) is 6.54 Å². The van der Waals surface area contributed by atoms with Crippen molar-refractivity contribution < 1.29 is 9.59 Å². The molecule has 0 aliphatic carbocycles. The Bertz CT molecular complexity index is 1060. The number of likely N-dealkylation sites (N-methyl/N-ethyl adjacent to an activating group) is 1. The zero-order chi connectivity index (χ0) is 22.9. The molecule has 0 aromatic heterocycles. The molecule has 1 unspecified atom stereocenters. The molecule has 0 fully saturated rings. The van der Waals surface area contributed by atoms with Crippen LogP contribution in [0.15, 0.2) is 78.9 Å². The Hall–Kier alpha value is -2.82. The maximum absolute atomic E-state index is 13.5. The summed E-state index contributed by atoms with van der Waals surface area (Å²) in [6, 6.07) is 23.6. The van der Waals surface area contributed by atoms with E-state index in [0.29, 0.717) is 23.0 Å². The highest BCUT2D eigenvalue weighted by atomic mass is 35.5. The molecule has 4 nitrogen and oxygen atoms in total. The fourth-order valence-electron chi connectivity index (χ4n) is 3.58. The number of amides is 2. The number of nitrogens with one attached hydrogen (secondary N) is 1. The molecule has 0 heterocycles. The minimum absolute atomic E-state index is 0.135. The monoisotopic (exact) mass is 468 g/mol. The minimum Gasteiger partial charge on any atom is -0.355 e. The second-order valence-corrected chi connectivity index (χ2v) is 8.36. The lowest BCUT2D eigenvalue weighted by molar-refractivity contribution is -0.140. The minimum atomic E-state index is -0.680. The number of benzene rings is 3. The maximum atomic E-state index is 13.5. The van der Waals surface area contributed by atoms with Crippen LogP contribution in [-0.4, -0.2) is 29.3 Å². The van der Waals surface area contributed by atoms with Crippen LogP contribution in [0.4, 0.5) is 0 Å². The Morgan fingerprint density at radius 3 is 2.28 bits per heavy atom. The summed E-state index contributed by atoms with van der Waals surface area (Å²) in [4.78, 5) is 28.3. The fourth-order valence-corrected chi connectivity index (χ4v) is 3.99. The van der Waals surface area contributed by atoms with E-state index in [1.165, 1.54) is 0 Å². The number of carbonyl (C=O) groups excluding carboxylic acids is 2. The van der Waals surface area contributed by atoms with E-state index in [9.17, 15) is 9.59 Å². The Kier molecular flexibility index (Phi) is 8.72. The smallest absolute Gasteiger partial charge is 0.243 e. The summed E-state index contributed by atoms with van der Waals surface area (Å²) in [6.07, 6.45) is 0.536. The van der Waals surface area contributed by atoms with Crippen molar-refractivity contribution in [1.29, 1.82) is 0 Å². The average Bonchev–Trinajstić information content (AvgIpc) is 2.78. The summed E-state index contributed by atoms with van der Waals surface area (Å²) in [5, 5.41) is 4.01. The number of nitrogens with zero attached hydrogens (tertiary/aromatic N) is 1. The van der Waals surface area contributed by atoms with Crippen LogP contribution in [0.5, 0.6) is 0 Å². The number of halogens is 2. The third kappa shape index (κ3) is 6.59. The molecule has 0 aliphatic heterocycles. The zero-order valence-electron chi connectivity index (χ0n) is 17.9. The highest BCUT2D eigenvalue weighted by Gasteiger charge is 2.30. The van der Waals surface area contributed by atoms with Crippen molar-refractivity contribution in [1.82, 2.24) is 10.2 Å². The normalized spacial score (nSPS) is 11.6. The van der Waals surface area contributed by atoms with Gasteiger partial charge >= 0.3 is 0 Å². The quantitative estimate of drug-likeness (QED) is 0.462. The van der Waals surface area contributed by atoms with Crippen molar-refractivity contribution in [2.45, 2.75) is 32.4 Å². The van der Waals surface area contributed by atoms with Crippen LogP contribution in [0, 0.1) is 0 Å². The summed E-state index contributed by atoms with van der Waals surface area (Å²) in [6.45, 7) is 2.57. The van der Waals surface area contributed by atoms with Gasteiger partial charge in [0.2, 0.25) is 11.8 Å². The number of hydrogen-bond acceptors (Lipinski definition) is 2. The van der Waals surface area contributed by atoms with E-state index in [1.54, 1.807) is 23.1 Å². The van der Waals surface area contributed by atoms with Gasteiger partial charge in [-0.25, -0.2) is 0 Å². The molecule has 3 aromatic rings. The Labute approximate surface area is 199 Å². The summed E-state index contributed by atoms with van der Waals surface area (Å²) in [7, 11) is 0. The third-order valence-electron chi connectivity index (χ3n) is 5.17. The Balaban J connectivity index is 1.97. The van der Waals surface area contributed by atoms with Gasteiger partial charge in [0.1, 0.15) is 6.04 Å². The largest absolute Gasteiger partial charge is 0.355 e. The van der Waals surface area contributed by atoms with E-state index in [1.807, 2.05) is 67.6 Å². The second-order valence-electron chi connectivity index (χ2n) is 7.52. The van der Waals surface area contributed by atoms with E-state index < -0.39 is 6.04 Å². The van der Waals surface area contributed by atoms with Gasteiger partial charge in [-0.2, -0.15) is 0 Å². The predicted octanol–water partition coefficient (Wildman–Crippen LogP) is 5.31. The van der Waals surface area contributed by atoms with Gasteiger partial charge in [-0.15, -0.1) is 0 Å². The van der Waals surface area contributed by atoms with E-state index >= 15 is 0 Å². The Morgan fingerprint density at radius 2 is 1.59 bits per heavy atom. The van der Waals surface area contributed by atoms with E-state index in [2.05, 4.69) is 5.32 Å². The van der Waals surface area contributed by atoms with Crippen LogP contribution in [0.1, 0.15) is 23.6 Å². The third-order valence-corrected chi connectivity index (χ3v) is 5.77. The molecular formula is C26H26Cl2N2O2. The molecule has 1 N–H and O–H groups in total. The van der Waals surface area contributed by atoms with Gasteiger partial charge in [-0.3, -0.25) is 9.59 Å². The predicted molar refractivity (Wildman–Crippen MR) is 130 cm³/mol. The molecule has 0 spiro atoms. The summed E-state index contributed by atoms with van der Waals surface area (Å²) < 4.78 is 0. The molecule has 3 rings (SSSR count). The molecule has 32 heavy (non-hydrogen) atoms. The van der Waals surface area contributed by atoms with Gasteiger partial charge in [0.05, 0.1) is 6.42 Å². The van der Waals surface area contributed by atoms with Crippen LogP contribution < -0.4 is 5.32 Å². The molecular weight excluding hydrogens is 443 g/mol. The van der Waals surface area contributed by atoms with Crippen molar-refractivity contribution in [2.24, 2.45) is 0 Å². The van der Waals surface area contributed by atoms with E-state index in [-0.39, 0.29) is 24.8 Å². The summed E-state index contributed by atoms with van der Waals surface area (Å²) in [5.41, 5.74) is 2.56. The molecule has 2 amide bonds. The van der Waals surface area contributed by atoms with Crippen molar-refractivity contribution in [3.8, 4) is 0 Å². The highest BCUT2D eigenvalue weighted by Crippen LogP contribution is 2.22. The molecule has 0 aliphatic rings. The van der Waals surface area contributed by atoms with Gasteiger partial charge in [0.15, 0.2) is 0 Å². The topological polar surface area (TPSA) is 49.4 Å².